The van der Waals surface area contributed by atoms with Gasteiger partial charge in [-0.1, -0.05) is 13.8 Å². The van der Waals surface area contributed by atoms with Crippen LogP contribution in [0.5, 0.6) is 0 Å². The average Bonchev–Trinajstić information content (AvgIpc) is 3.23. The van der Waals surface area contributed by atoms with E-state index in [0.717, 1.165) is 5.56 Å². The molecule has 27 heavy (non-hydrogen) atoms. The fourth-order valence-electron chi connectivity index (χ4n) is 2.41. The minimum atomic E-state index is -0.307. The van der Waals surface area contributed by atoms with Crippen molar-refractivity contribution < 1.29 is 13.6 Å². The molecule has 1 aromatic carbocycles. The lowest BCUT2D eigenvalue weighted by Gasteiger charge is -2.06. The second kappa shape index (κ2) is 9.41. The molecule has 3 aromatic rings. The molecular weight excluding hydrogens is 365 g/mol. The number of amides is 1. The molecule has 144 valence electrons. The van der Waals surface area contributed by atoms with Crippen LogP contribution in [-0.2, 0) is 11.2 Å². The minimum absolute atomic E-state index is 0.0700. The Labute approximate surface area is 162 Å². The van der Waals surface area contributed by atoms with E-state index in [4.69, 9.17) is 4.42 Å². The SMILES string of the molecule is CC.Cc1nc(-c2ccc(F)cc2)c(-c2nc(CC(=O)NC(C)C)cs2)o1. The second-order valence-electron chi connectivity index (χ2n) is 5.96. The molecule has 0 aliphatic carbocycles. The number of nitrogens with one attached hydrogen (secondary N) is 1. The highest BCUT2D eigenvalue weighted by Crippen LogP contribution is 2.34. The second-order valence-corrected chi connectivity index (χ2v) is 6.82. The van der Waals surface area contributed by atoms with Crippen molar-refractivity contribution >= 4 is 17.2 Å². The van der Waals surface area contributed by atoms with E-state index in [9.17, 15) is 9.18 Å². The summed E-state index contributed by atoms with van der Waals surface area (Å²) in [6.45, 7) is 9.58. The van der Waals surface area contributed by atoms with Gasteiger partial charge >= 0.3 is 0 Å². The summed E-state index contributed by atoms with van der Waals surface area (Å²) in [5.41, 5.74) is 2.05. The molecule has 1 N–H and O–H groups in total. The van der Waals surface area contributed by atoms with Gasteiger partial charge in [0, 0.05) is 23.9 Å². The van der Waals surface area contributed by atoms with Gasteiger partial charge < -0.3 is 9.73 Å². The highest BCUT2D eigenvalue weighted by molar-refractivity contribution is 7.13. The van der Waals surface area contributed by atoms with Gasteiger partial charge in [0.2, 0.25) is 5.91 Å². The van der Waals surface area contributed by atoms with E-state index in [2.05, 4.69) is 15.3 Å². The zero-order valence-corrected chi connectivity index (χ0v) is 17.0. The Morgan fingerprint density at radius 1 is 1.22 bits per heavy atom. The lowest BCUT2D eigenvalue weighted by Crippen LogP contribution is -2.31. The van der Waals surface area contributed by atoms with E-state index in [1.54, 1.807) is 19.1 Å². The number of oxazole rings is 1. The molecule has 1 amide bonds. The van der Waals surface area contributed by atoms with Crippen molar-refractivity contribution in [2.45, 2.75) is 47.1 Å². The first-order valence-electron chi connectivity index (χ1n) is 8.90. The fourth-order valence-corrected chi connectivity index (χ4v) is 3.20. The van der Waals surface area contributed by atoms with Crippen molar-refractivity contribution in [3.63, 3.8) is 0 Å². The van der Waals surface area contributed by atoms with E-state index in [1.807, 2.05) is 33.1 Å². The molecule has 0 radical (unpaired) electrons. The van der Waals surface area contributed by atoms with Gasteiger partial charge in [0.15, 0.2) is 16.7 Å². The van der Waals surface area contributed by atoms with Crippen LogP contribution in [0.4, 0.5) is 4.39 Å². The monoisotopic (exact) mass is 389 g/mol. The quantitative estimate of drug-likeness (QED) is 0.666. The van der Waals surface area contributed by atoms with Crippen molar-refractivity contribution in [2.24, 2.45) is 0 Å². The molecule has 0 spiro atoms. The molecule has 0 unspecified atom stereocenters. The first-order chi connectivity index (χ1) is 12.9. The summed E-state index contributed by atoms with van der Waals surface area (Å²) in [6, 6.07) is 6.16. The Balaban J connectivity index is 0.00000126. The molecule has 0 fully saturated rings. The zero-order chi connectivity index (χ0) is 20.0. The van der Waals surface area contributed by atoms with Gasteiger partial charge in [0.05, 0.1) is 12.1 Å². The van der Waals surface area contributed by atoms with Crippen LogP contribution in [0, 0.1) is 12.7 Å². The van der Waals surface area contributed by atoms with Gasteiger partial charge in [-0.2, -0.15) is 0 Å². The maximum absolute atomic E-state index is 13.2. The molecule has 0 atom stereocenters. The lowest BCUT2D eigenvalue weighted by molar-refractivity contribution is -0.120. The Hall–Kier alpha value is -2.54. The van der Waals surface area contributed by atoms with E-state index in [-0.39, 0.29) is 24.2 Å². The van der Waals surface area contributed by atoms with E-state index in [0.29, 0.717) is 28.0 Å². The Kier molecular flexibility index (Phi) is 7.24. The van der Waals surface area contributed by atoms with Crippen molar-refractivity contribution in [3.8, 4) is 22.0 Å². The van der Waals surface area contributed by atoms with E-state index >= 15 is 0 Å². The van der Waals surface area contributed by atoms with Crippen LogP contribution in [0.2, 0.25) is 0 Å². The first kappa shape index (κ1) is 20.8. The van der Waals surface area contributed by atoms with Crippen molar-refractivity contribution in [1.29, 1.82) is 0 Å². The number of aromatic nitrogens is 2. The number of halogens is 1. The number of aryl methyl sites for hydroxylation is 1. The minimum Gasteiger partial charge on any atom is -0.438 e. The Morgan fingerprint density at radius 2 is 1.89 bits per heavy atom. The van der Waals surface area contributed by atoms with Crippen LogP contribution in [0.15, 0.2) is 34.1 Å². The maximum atomic E-state index is 13.2. The summed E-state index contributed by atoms with van der Waals surface area (Å²) in [5.74, 6) is 0.658. The predicted octanol–water partition coefficient (Wildman–Crippen LogP) is 5.01. The van der Waals surface area contributed by atoms with Crippen LogP contribution < -0.4 is 5.32 Å². The number of hydrogen-bond acceptors (Lipinski definition) is 5. The third kappa shape index (κ3) is 5.47. The number of hydrogen-bond donors (Lipinski definition) is 1. The standard InChI is InChI=1S/C18H18FN3O2S.C2H6/c1-10(2)20-15(23)8-14-9-25-18(22-14)17-16(21-11(3)24-17)12-4-6-13(19)7-5-12;1-2/h4-7,9-10H,8H2,1-3H3,(H,20,23);1-2H3. The molecule has 0 bridgehead atoms. The number of rotatable bonds is 5. The van der Waals surface area contributed by atoms with Crippen molar-refractivity contribution in [2.75, 3.05) is 0 Å². The van der Waals surface area contributed by atoms with Gasteiger partial charge in [-0.05, 0) is 38.1 Å². The summed E-state index contributed by atoms with van der Waals surface area (Å²) in [5, 5.41) is 5.32. The molecule has 0 saturated carbocycles. The van der Waals surface area contributed by atoms with Gasteiger partial charge in [0.1, 0.15) is 11.5 Å². The average molecular weight is 389 g/mol. The number of carbonyl (C=O) groups is 1. The van der Waals surface area contributed by atoms with Crippen LogP contribution in [-0.4, -0.2) is 21.9 Å². The van der Waals surface area contributed by atoms with E-state index in [1.165, 1.54) is 23.5 Å². The van der Waals surface area contributed by atoms with Crippen LogP contribution >= 0.6 is 11.3 Å². The topological polar surface area (TPSA) is 68.0 Å². The molecule has 0 saturated heterocycles. The van der Waals surface area contributed by atoms with E-state index < -0.39 is 0 Å². The lowest BCUT2D eigenvalue weighted by atomic mass is 10.1. The highest BCUT2D eigenvalue weighted by atomic mass is 32.1. The van der Waals surface area contributed by atoms with Gasteiger partial charge in [-0.3, -0.25) is 4.79 Å². The maximum Gasteiger partial charge on any atom is 0.226 e. The largest absolute Gasteiger partial charge is 0.438 e. The van der Waals surface area contributed by atoms with Crippen molar-refractivity contribution in [3.05, 3.63) is 47.0 Å². The molecule has 2 aromatic heterocycles. The number of thiazole rings is 1. The fraction of sp³-hybridized carbons (Fsp3) is 0.350. The van der Waals surface area contributed by atoms with Gasteiger partial charge in [-0.15, -0.1) is 11.3 Å². The van der Waals surface area contributed by atoms with Crippen LogP contribution in [0.1, 0.15) is 39.3 Å². The summed E-state index contributed by atoms with van der Waals surface area (Å²) >= 11 is 1.39. The molecule has 0 aliphatic rings. The smallest absolute Gasteiger partial charge is 0.226 e. The molecule has 5 nitrogen and oxygen atoms in total. The molecule has 7 heteroatoms. The summed E-state index contributed by atoms with van der Waals surface area (Å²) in [4.78, 5) is 20.8. The van der Waals surface area contributed by atoms with Crippen LogP contribution in [0.25, 0.3) is 22.0 Å². The number of nitrogens with zero attached hydrogens (tertiary/aromatic N) is 2. The zero-order valence-electron chi connectivity index (χ0n) is 16.2. The summed E-state index contributed by atoms with van der Waals surface area (Å²) in [7, 11) is 0. The summed E-state index contributed by atoms with van der Waals surface area (Å²) in [6.07, 6.45) is 0.216. The number of carbonyl (C=O) groups excluding carboxylic acids is 1. The van der Waals surface area contributed by atoms with Gasteiger partial charge in [-0.25, -0.2) is 14.4 Å². The third-order valence-corrected chi connectivity index (χ3v) is 4.28. The van der Waals surface area contributed by atoms with Crippen LogP contribution in [0.3, 0.4) is 0 Å². The molecular formula is C20H24FN3O2S. The third-order valence-electron chi connectivity index (χ3n) is 3.39. The van der Waals surface area contributed by atoms with Gasteiger partial charge in [0.25, 0.3) is 0 Å². The predicted molar refractivity (Wildman–Crippen MR) is 106 cm³/mol. The molecule has 0 aliphatic heterocycles. The molecule has 2 heterocycles. The number of benzene rings is 1. The Morgan fingerprint density at radius 3 is 2.52 bits per heavy atom. The summed E-state index contributed by atoms with van der Waals surface area (Å²) < 4.78 is 18.9. The Bertz CT molecular complexity index is 885. The highest BCUT2D eigenvalue weighted by Gasteiger charge is 2.19. The normalized spacial score (nSPS) is 10.5. The molecule has 3 rings (SSSR count). The first-order valence-corrected chi connectivity index (χ1v) is 9.78. The van der Waals surface area contributed by atoms with Crippen molar-refractivity contribution in [1.82, 2.24) is 15.3 Å².